The van der Waals surface area contributed by atoms with Crippen LogP contribution in [0, 0.1) is 0 Å². The first-order valence-electron chi connectivity index (χ1n) is 10.3. The number of halogens is 3. The monoisotopic (exact) mass is 476 g/mol. The maximum atomic E-state index is 13.3. The molecule has 0 saturated carbocycles. The van der Waals surface area contributed by atoms with Crippen molar-refractivity contribution in [3.8, 4) is 11.4 Å². The first kappa shape index (κ1) is 24.7. The number of aryl methyl sites for hydroxylation is 1. The predicted octanol–water partition coefficient (Wildman–Crippen LogP) is 2.86. The highest BCUT2D eigenvalue weighted by Crippen LogP contribution is 2.25. The Morgan fingerprint density at radius 1 is 1.09 bits per heavy atom. The van der Waals surface area contributed by atoms with Crippen LogP contribution in [0.1, 0.15) is 17.3 Å². The van der Waals surface area contributed by atoms with Gasteiger partial charge >= 0.3 is 12.1 Å². The molecule has 1 unspecified atom stereocenters. The number of carbonyl (C=O) groups is 2. The van der Waals surface area contributed by atoms with Crippen LogP contribution in [0.25, 0.3) is 11.4 Å². The molecule has 1 saturated heterocycles. The Morgan fingerprint density at radius 3 is 2.29 bits per heavy atom. The van der Waals surface area contributed by atoms with Gasteiger partial charge in [0.05, 0.1) is 5.56 Å². The minimum absolute atomic E-state index is 0.0369. The summed E-state index contributed by atoms with van der Waals surface area (Å²) < 4.78 is 33.6. The molecule has 1 atom stereocenters. The Bertz CT molecular complexity index is 1140. The minimum atomic E-state index is -5.08. The van der Waals surface area contributed by atoms with Crippen LogP contribution in [-0.4, -0.2) is 73.5 Å². The van der Waals surface area contributed by atoms with Gasteiger partial charge in [0.2, 0.25) is 0 Å². The molecule has 12 heteroatoms. The van der Waals surface area contributed by atoms with Crippen molar-refractivity contribution < 1.29 is 27.9 Å². The number of aromatic nitrogens is 4. The van der Waals surface area contributed by atoms with E-state index in [1.807, 2.05) is 52.9 Å². The Balaban J connectivity index is 0.000000406. The second-order valence-corrected chi connectivity index (χ2v) is 7.61. The Hall–Kier alpha value is -3.96. The van der Waals surface area contributed by atoms with E-state index in [4.69, 9.17) is 9.90 Å². The highest BCUT2D eigenvalue weighted by molar-refractivity contribution is 6.00. The van der Waals surface area contributed by atoms with Crippen molar-refractivity contribution in [3.63, 3.8) is 0 Å². The lowest BCUT2D eigenvalue weighted by atomic mass is 10.0. The topological polar surface area (TPSA) is 104 Å². The van der Waals surface area contributed by atoms with Crippen LogP contribution >= 0.6 is 0 Å². The van der Waals surface area contributed by atoms with Gasteiger partial charge in [-0.15, -0.1) is 10.2 Å². The summed E-state index contributed by atoms with van der Waals surface area (Å²) in [5.41, 5.74) is 2.62. The average molecular weight is 476 g/mol. The Kier molecular flexibility index (Phi) is 7.49. The first-order valence-corrected chi connectivity index (χ1v) is 10.3. The number of hydrogen-bond acceptors (Lipinski definition) is 6. The van der Waals surface area contributed by atoms with E-state index >= 15 is 0 Å². The summed E-state index contributed by atoms with van der Waals surface area (Å²) >= 11 is 0. The van der Waals surface area contributed by atoms with Crippen LogP contribution < -0.4 is 4.90 Å². The van der Waals surface area contributed by atoms with Crippen molar-refractivity contribution in [2.45, 2.75) is 19.1 Å². The third-order valence-corrected chi connectivity index (χ3v) is 5.26. The molecule has 3 aromatic rings. The fraction of sp³-hybridized carbons (Fsp3) is 0.318. The molecule has 1 aliphatic rings. The number of anilines is 1. The van der Waals surface area contributed by atoms with Gasteiger partial charge in [0.15, 0.2) is 5.82 Å². The van der Waals surface area contributed by atoms with E-state index in [0.717, 1.165) is 17.8 Å². The number of aliphatic carboxylic acids is 1. The summed E-state index contributed by atoms with van der Waals surface area (Å²) in [5, 5.41) is 15.2. The SMILES string of the molecule is CC1CN(C(=O)c2ccccc2-c2nncn2C)CCN1c1ccncc1.O=C(O)C(F)(F)F. The zero-order valence-corrected chi connectivity index (χ0v) is 18.5. The molecular weight excluding hydrogens is 453 g/mol. The highest BCUT2D eigenvalue weighted by Gasteiger charge is 2.38. The fourth-order valence-electron chi connectivity index (χ4n) is 3.62. The van der Waals surface area contributed by atoms with E-state index in [-0.39, 0.29) is 11.9 Å². The number of carbonyl (C=O) groups excluding carboxylic acids is 1. The normalized spacial score (nSPS) is 16.0. The minimum Gasteiger partial charge on any atom is -0.475 e. The average Bonchev–Trinajstić information content (AvgIpc) is 3.24. The van der Waals surface area contributed by atoms with Crippen LogP contribution in [-0.2, 0) is 11.8 Å². The quantitative estimate of drug-likeness (QED) is 0.620. The molecule has 1 fully saturated rings. The molecule has 9 nitrogen and oxygen atoms in total. The van der Waals surface area contributed by atoms with Gasteiger partial charge in [0.1, 0.15) is 6.33 Å². The standard InChI is InChI=1S/C20H22N6O.C2HF3O2/c1-15-13-25(11-12-26(15)16-7-9-21-10-8-16)20(27)18-6-4-3-5-17(18)19-23-22-14-24(19)2;3-2(4,5)1(6)7/h3-10,14-15H,11-13H2,1-2H3;(H,6,7). The van der Waals surface area contributed by atoms with Gasteiger partial charge in [-0.25, -0.2) is 4.79 Å². The van der Waals surface area contributed by atoms with Crippen molar-refractivity contribution >= 4 is 17.6 Å². The molecule has 1 N–H and O–H groups in total. The maximum absolute atomic E-state index is 13.3. The molecule has 0 aliphatic carbocycles. The van der Waals surface area contributed by atoms with Gasteiger partial charge < -0.3 is 19.5 Å². The van der Waals surface area contributed by atoms with E-state index in [2.05, 4.69) is 27.0 Å². The Morgan fingerprint density at radius 2 is 1.74 bits per heavy atom. The number of rotatable bonds is 3. The molecule has 1 aromatic carbocycles. The summed E-state index contributed by atoms with van der Waals surface area (Å²) in [6.45, 7) is 4.30. The number of hydrogen-bond donors (Lipinski definition) is 1. The number of pyridine rings is 1. The van der Waals surface area contributed by atoms with Crippen LogP contribution in [0.2, 0.25) is 0 Å². The first-order chi connectivity index (χ1) is 16.1. The highest BCUT2D eigenvalue weighted by atomic mass is 19.4. The van der Waals surface area contributed by atoms with Gasteiger partial charge in [-0.05, 0) is 25.1 Å². The summed E-state index contributed by atoms with van der Waals surface area (Å²) in [6.07, 6.45) is 0.166. The number of nitrogens with zero attached hydrogens (tertiary/aromatic N) is 6. The number of alkyl halides is 3. The van der Waals surface area contributed by atoms with Crippen molar-refractivity contribution in [1.29, 1.82) is 0 Å². The molecule has 0 spiro atoms. The zero-order valence-electron chi connectivity index (χ0n) is 18.5. The lowest BCUT2D eigenvalue weighted by molar-refractivity contribution is -0.192. The van der Waals surface area contributed by atoms with E-state index in [9.17, 15) is 18.0 Å². The number of carboxylic acids is 1. The molecule has 180 valence electrons. The summed E-state index contributed by atoms with van der Waals surface area (Å²) in [7, 11) is 1.88. The third-order valence-electron chi connectivity index (χ3n) is 5.26. The van der Waals surface area contributed by atoms with Gasteiger partial charge in [0, 0.05) is 56.4 Å². The van der Waals surface area contributed by atoms with Gasteiger partial charge in [-0.1, -0.05) is 18.2 Å². The predicted molar refractivity (Wildman–Crippen MR) is 117 cm³/mol. The third kappa shape index (κ3) is 5.69. The second-order valence-electron chi connectivity index (χ2n) is 7.61. The van der Waals surface area contributed by atoms with Crippen LogP contribution in [0.15, 0.2) is 55.1 Å². The summed E-state index contributed by atoms with van der Waals surface area (Å²) in [4.78, 5) is 30.5. The van der Waals surface area contributed by atoms with E-state index < -0.39 is 12.1 Å². The summed E-state index contributed by atoms with van der Waals surface area (Å²) in [5.74, 6) is -2.02. The van der Waals surface area contributed by atoms with Crippen LogP contribution in [0.3, 0.4) is 0 Å². The number of amides is 1. The number of piperazine rings is 1. The van der Waals surface area contributed by atoms with Crippen LogP contribution in [0.4, 0.5) is 18.9 Å². The molecule has 0 bridgehead atoms. The lowest BCUT2D eigenvalue weighted by Gasteiger charge is -2.41. The molecule has 2 aromatic heterocycles. The van der Waals surface area contributed by atoms with Crippen molar-refractivity contribution in [1.82, 2.24) is 24.6 Å². The number of benzene rings is 1. The smallest absolute Gasteiger partial charge is 0.475 e. The molecule has 34 heavy (non-hydrogen) atoms. The number of carboxylic acid groups (broad SMARTS) is 1. The van der Waals surface area contributed by atoms with Gasteiger partial charge in [-0.3, -0.25) is 9.78 Å². The van der Waals surface area contributed by atoms with E-state index in [1.165, 1.54) is 0 Å². The zero-order chi connectivity index (χ0) is 24.9. The molecular formula is C22H23F3N6O3. The summed E-state index contributed by atoms with van der Waals surface area (Å²) in [6, 6.07) is 11.9. The van der Waals surface area contributed by atoms with Gasteiger partial charge in [0.25, 0.3) is 5.91 Å². The molecule has 1 aliphatic heterocycles. The molecule has 3 heterocycles. The molecule has 1 amide bonds. The van der Waals surface area contributed by atoms with Crippen molar-refractivity contribution in [2.75, 3.05) is 24.5 Å². The largest absolute Gasteiger partial charge is 0.490 e. The molecule has 0 radical (unpaired) electrons. The molecule has 4 rings (SSSR count). The maximum Gasteiger partial charge on any atom is 0.490 e. The fourth-order valence-corrected chi connectivity index (χ4v) is 3.62. The van der Waals surface area contributed by atoms with Crippen LogP contribution in [0.5, 0.6) is 0 Å². The van der Waals surface area contributed by atoms with Crippen molar-refractivity contribution in [2.24, 2.45) is 7.05 Å². The lowest BCUT2D eigenvalue weighted by Crippen LogP contribution is -2.53. The van der Waals surface area contributed by atoms with Crippen molar-refractivity contribution in [3.05, 3.63) is 60.7 Å². The van der Waals surface area contributed by atoms with E-state index in [0.29, 0.717) is 24.5 Å². The van der Waals surface area contributed by atoms with Gasteiger partial charge in [-0.2, -0.15) is 13.2 Å². The Labute approximate surface area is 193 Å². The second kappa shape index (κ2) is 10.3. The van der Waals surface area contributed by atoms with E-state index in [1.54, 1.807) is 18.7 Å².